The van der Waals surface area contributed by atoms with E-state index in [1.165, 1.54) is 0 Å². The predicted octanol–water partition coefficient (Wildman–Crippen LogP) is 4.25. The lowest BCUT2D eigenvalue weighted by Crippen LogP contribution is -2.16. The zero-order chi connectivity index (χ0) is 13.3. The number of rotatable bonds is 2. The molecule has 0 aliphatic heterocycles. The molecule has 0 aliphatic carbocycles. The van der Waals surface area contributed by atoms with Crippen molar-refractivity contribution in [3.63, 3.8) is 0 Å². The first-order valence-corrected chi connectivity index (χ1v) is 6.57. The van der Waals surface area contributed by atoms with Crippen LogP contribution < -0.4 is 5.73 Å². The van der Waals surface area contributed by atoms with E-state index in [-0.39, 0.29) is 5.82 Å². The SMILES string of the molecule is Cc1cccc(C)c1C(N)c1cccc(Br)c1F. The summed E-state index contributed by atoms with van der Waals surface area (Å²) in [5, 5.41) is 0. The van der Waals surface area contributed by atoms with Crippen molar-refractivity contribution < 1.29 is 4.39 Å². The molecule has 2 aromatic rings. The summed E-state index contributed by atoms with van der Waals surface area (Å²) in [7, 11) is 0. The molecule has 0 spiro atoms. The van der Waals surface area contributed by atoms with E-state index in [2.05, 4.69) is 15.9 Å². The second-order valence-corrected chi connectivity index (χ2v) is 5.28. The molecule has 0 heterocycles. The summed E-state index contributed by atoms with van der Waals surface area (Å²) in [4.78, 5) is 0. The van der Waals surface area contributed by atoms with Crippen molar-refractivity contribution in [1.82, 2.24) is 0 Å². The van der Waals surface area contributed by atoms with Crippen molar-refractivity contribution in [2.45, 2.75) is 19.9 Å². The molecule has 0 saturated heterocycles. The van der Waals surface area contributed by atoms with Crippen molar-refractivity contribution in [1.29, 1.82) is 0 Å². The van der Waals surface area contributed by atoms with Crippen LogP contribution in [-0.4, -0.2) is 0 Å². The van der Waals surface area contributed by atoms with Crippen LogP contribution in [0.15, 0.2) is 40.9 Å². The average molecular weight is 308 g/mol. The molecule has 1 nitrogen and oxygen atoms in total. The van der Waals surface area contributed by atoms with E-state index in [1.54, 1.807) is 18.2 Å². The highest BCUT2D eigenvalue weighted by molar-refractivity contribution is 9.10. The van der Waals surface area contributed by atoms with Crippen LogP contribution >= 0.6 is 15.9 Å². The van der Waals surface area contributed by atoms with Gasteiger partial charge >= 0.3 is 0 Å². The summed E-state index contributed by atoms with van der Waals surface area (Å²) in [6.07, 6.45) is 0. The third kappa shape index (κ3) is 2.33. The molecule has 0 bridgehead atoms. The number of halogens is 2. The molecule has 0 aliphatic rings. The summed E-state index contributed by atoms with van der Waals surface area (Å²) in [5.41, 5.74) is 9.91. The fourth-order valence-corrected chi connectivity index (χ4v) is 2.62. The van der Waals surface area contributed by atoms with Crippen LogP contribution in [0.25, 0.3) is 0 Å². The van der Waals surface area contributed by atoms with Gasteiger partial charge in [0.05, 0.1) is 10.5 Å². The molecule has 1 atom stereocenters. The van der Waals surface area contributed by atoms with Gasteiger partial charge in [-0.25, -0.2) is 4.39 Å². The maximum absolute atomic E-state index is 14.1. The monoisotopic (exact) mass is 307 g/mol. The maximum atomic E-state index is 14.1. The van der Waals surface area contributed by atoms with Crippen LogP contribution in [0, 0.1) is 19.7 Å². The van der Waals surface area contributed by atoms with Gasteiger partial charge in [0.15, 0.2) is 0 Å². The third-order valence-corrected chi connectivity index (χ3v) is 3.78. The Balaban J connectivity index is 2.55. The number of aryl methyl sites for hydroxylation is 2. The Kier molecular flexibility index (Phi) is 3.83. The van der Waals surface area contributed by atoms with Crippen LogP contribution in [0.1, 0.15) is 28.3 Å². The zero-order valence-corrected chi connectivity index (χ0v) is 12.0. The van der Waals surface area contributed by atoms with E-state index < -0.39 is 6.04 Å². The lowest BCUT2D eigenvalue weighted by molar-refractivity contribution is 0.592. The summed E-state index contributed by atoms with van der Waals surface area (Å²) in [6, 6.07) is 10.8. The molecule has 18 heavy (non-hydrogen) atoms. The molecule has 2 N–H and O–H groups in total. The van der Waals surface area contributed by atoms with E-state index in [9.17, 15) is 4.39 Å². The van der Waals surface area contributed by atoms with Gasteiger partial charge in [0.2, 0.25) is 0 Å². The molecular formula is C15H15BrFN. The zero-order valence-electron chi connectivity index (χ0n) is 10.4. The van der Waals surface area contributed by atoms with E-state index in [4.69, 9.17) is 5.73 Å². The van der Waals surface area contributed by atoms with Gasteiger partial charge in [-0.15, -0.1) is 0 Å². The fourth-order valence-electron chi connectivity index (χ4n) is 2.23. The molecule has 0 radical (unpaired) electrons. The topological polar surface area (TPSA) is 26.0 Å². The lowest BCUT2D eigenvalue weighted by Gasteiger charge is -2.19. The van der Waals surface area contributed by atoms with Gasteiger partial charge in [-0.05, 0) is 52.5 Å². The Morgan fingerprint density at radius 1 is 1.06 bits per heavy atom. The van der Waals surface area contributed by atoms with Crippen LogP contribution in [0.2, 0.25) is 0 Å². The van der Waals surface area contributed by atoms with Crippen molar-refractivity contribution >= 4 is 15.9 Å². The molecule has 0 aromatic heterocycles. The highest BCUT2D eigenvalue weighted by Gasteiger charge is 2.18. The number of hydrogen-bond donors (Lipinski definition) is 1. The van der Waals surface area contributed by atoms with E-state index in [0.717, 1.165) is 16.7 Å². The van der Waals surface area contributed by atoms with E-state index in [0.29, 0.717) is 10.0 Å². The average Bonchev–Trinajstić information content (AvgIpc) is 2.32. The van der Waals surface area contributed by atoms with Crippen LogP contribution in [0.5, 0.6) is 0 Å². The fraction of sp³-hybridized carbons (Fsp3) is 0.200. The summed E-state index contributed by atoms with van der Waals surface area (Å²) >= 11 is 3.19. The van der Waals surface area contributed by atoms with Crippen molar-refractivity contribution in [3.05, 3.63) is 68.9 Å². The van der Waals surface area contributed by atoms with Crippen LogP contribution in [0.3, 0.4) is 0 Å². The van der Waals surface area contributed by atoms with Gasteiger partial charge in [-0.3, -0.25) is 0 Å². The molecule has 0 saturated carbocycles. The largest absolute Gasteiger partial charge is 0.320 e. The summed E-state index contributed by atoms with van der Waals surface area (Å²) < 4.78 is 14.5. The molecule has 3 heteroatoms. The summed E-state index contributed by atoms with van der Waals surface area (Å²) in [5.74, 6) is -0.285. The first-order valence-electron chi connectivity index (χ1n) is 5.78. The van der Waals surface area contributed by atoms with Crippen molar-refractivity contribution in [2.24, 2.45) is 5.73 Å². The minimum absolute atomic E-state index is 0.285. The van der Waals surface area contributed by atoms with Crippen molar-refractivity contribution in [3.8, 4) is 0 Å². The van der Waals surface area contributed by atoms with Gasteiger partial charge in [0, 0.05) is 5.56 Å². The highest BCUT2D eigenvalue weighted by Crippen LogP contribution is 2.30. The smallest absolute Gasteiger partial charge is 0.142 e. The molecule has 0 amide bonds. The molecule has 1 unspecified atom stereocenters. The first kappa shape index (κ1) is 13.2. The Bertz CT molecular complexity index is 560. The van der Waals surface area contributed by atoms with E-state index >= 15 is 0 Å². The molecule has 2 rings (SSSR count). The number of nitrogens with two attached hydrogens (primary N) is 1. The second-order valence-electron chi connectivity index (χ2n) is 4.43. The Morgan fingerprint density at radius 2 is 1.61 bits per heavy atom. The van der Waals surface area contributed by atoms with Gasteiger partial charge in [-0.1, -0.05) is 30.3 Å². The van der Waals surface area contributed by atoms with Crippen molar-refractivity contribution in [2.75, 3.05) is 0 Å². The highest BCUT2D eigenvalue weighted by atomic mass is 79.9. The molecular weight excluding hydrogens is 293 g/mol. The van der Waals surface area contributed by atoms with Gasteiger partial charge in [0.1, 0.15) is 5.82 Å². The van der Waals surface area contributed by atoms with E-state index in [1.807, 2.05) is 32.0 Å². The Labute approximate surface area is 115 Å². The lowest BCUT2D eigenvalue weighted by atomic mass is 9.92. The van der Waals surface area contributed by atoms with Gasteiger partial charge < -0.3 is 5.73 Å². The first-order chi connectivity index (χ1) is 8.52. The minimum atomic E-state index is -0.441. The predicted molar refractivity (Wildman–Crippen MR) is 76.0 cm³/mol. The maximum Gasteiger partial charge on any atom is 0.142 e. The normalized spacial score (nSPS) is 12.5. The molecule has 2 aromatic carbocycles. The van der Waals surface area contributed by atoms with Crippen LogP contribution in [-0.2, 0) is 0 Å². The number of hydrogen-bond acceptors (Lipinski definition) is 1. The quantitative estimate of drug-likeness (QED) is 0.881. The second kappa shape index (κ2) is 5.21. The van der Waals surface area contributed by atoms with Crippen LogP contribution in [0.4, 0.5) is 4.39 Å². The number of benzene rings is 2. The Hall–Kier alpha value is -1.19. The van der Waals surface area contributed by atoms with Gasteiger partial charge in [-0.2, -0.15) is 0 Å². The minimum Gasteiger partial charge on any atom is -0.320 e. The Morgan fingerprint density at radius 3 is 2.22 bits per heavy atom. The molecule has 0 fully saturated rings. The van der Waals surface area contributed by atoms with Gasteiger partial charge in [0.25, 0.3) is 0 Å². The molecule has 94 valence electrons. The third-order valence-electron chi connectivity index (χ3n) is 3.17. The standard InChI is InChI=1S/C15H15BrFN/c1-9-5-3-6-10(2)13(9)15(18)11-7-4-8-12(16)14(11)17/h3-8,15H,18H2,1-2H3. The summed E-state index contributed by atoms with van der Waals surface area (Å²) in [6.45, 7) is 4.00.